The number of halogens is 1. The summed E-state index contributed by atoms with van der Waals surface area (Å²) >= 11 is 3.41. The molecule has 5 heteroatoms. The maximum atomic E-state index is 11.4. The van der Waals surface area contributed by atoms with Crippen LogP contribution in [0.2, 0.25) is 0 Å². The third kappa shape index (κ3) is 2.87. The van der Waals surface area contributed by atoms with Crippen LogP contribution in [0.3, 0.4) is 0 Å². The first-order valence-corrected chi connectivity index (χ1v) is 6.67. The zero-order valence-electron chi connectivity index (χ0n) is 11.1. The van der Waals surface area contributed by atoms with Gasteiger partial charge in [-0.1, -0.05) is 28.1 Å². The van der Waals surface area contributed by atoms with Crippen molar-refractivity contribution < 1.29 is 9.53 Å². The fourth-order valence-corrected chi connectivity index (χ4v) is 2.25. The molecule has 2 aromatic rings. The van der Waals surface area contributed by atoms with Crippen LogP contribution in [0.4, 0.5) is 0 Å². The van der Waals surface area contributed by atoms with Gasteiger partial charge in [0, 0.05) is 17.1 Å². The largest absolute Gasteiger partial charge is 0.469 e. The summed E-state index contributed by atoms with van der Waals surface area (Å²) in [6.07, 6.45) is 0.238. The van der Waals surface area contributed by atoms with E-state index in [0.717, 1.165) is 27.2 Å². The van der Waals surface area contributed by atoms with Crippen LogP contribution in [0.1, 0.15) is 11.4 Å². The van der Waals surface area contributed by atoms with E-state index in [1.807, 2.05) is 42.8 Å². The third-order valence-corrected chi connectivity index (χ3v) is 3.58. The van der Waals surface area contributed by atoms with Gasteiger partial charge in [-0.2, -0.15) is 0 Å². The van der Waals surface area contributed by atoms with Crippen molar-refractivity contribution in [3.05, 3.63) is 40.1 Å². The summed E-state index contributed by atoms with van der Waals surface area (Å²) in [5, 5.41) is 0. The summed E-state index contributed by atoms with van der Waals surface area (Å²) in [6, 6.07) is 7.93. The molecule has 19 heavy (non-hydrogen) atoms. The number of carbonyl (C=O) groups excluding carboxylic acids is 1. The van der Waals surface area contributed by atoms with Crippen molar-refractivity contribution in [3.63, 3.8) is 0 Å². The van der Waals surface area contributed by atoms with Crippen LogP contribution in [0.5, 0.6) is 0 Å². The molecule has 0 bridgehead atoms. The molecule has 0 aliphatic carbocycles. The minimum atomic E-state index is -0.256. The molecule has 0 spiro atoms. The van der Waals surface area contributed by atoms with Gasteiger partial charge in [0.05, 0.1) is 24.9 Å². The number of aryl methyl sites for hydroxylation is 1. The Bertz CT molecular complexity index is 603. The van der Waals surface area contributed by atoms with Crippen LogP contribution >= 0.6 is 15.9 Å². The number of hydrogen-bond donors (Lipinski definition) is 0. The molecule has 0 saturated carbocycles. The van der Waals surface area contributed by atoms with Gasteiger partial charge in [-0.3, -0.25) is 4.79 Å². The molecule has 0 fully saturated rings. The van der Waals surface area contributed by atoms with Gasteiger partial charge in [0.2, 0.25) is 0 Å². The normalized spacial score (nSPS) is 10.5. The van der Waals surface area contributed by atoms with E-state index in [1.54, 1.807) is 0 Å². The van der Waals surface area contributed by atoms with Gasteiger partial charge in [0.25, 0.3) is 0 Å². The Morgan fingerprint density at radius 2 is 2.00 bits per heavy atom. The number of methoxy groups -OCH3 is 1. The molecule has 0 aliphatic rings. The highest BCUT2D eigenvalue weighted by Crippen LogP contribution is 2.23. The Kier molecular flexibility index (Phi) is 4.04. The van der Waals surface area contributed by atoms with E-state index < -0.39 is 0 Å². The summed E-state index contributed by atoms with van der Waals surface area (Å²) < 4.78 is 7.67. The number of esters is 1. The predicted octanol–water partition coefficient (Wildman–Crippen LogP) is 2.87. The van der Waals surface area contributed by atoms with Crippen LogP contribution in [-0.2, 0) is 23.0 Å². The predicted molar refractivity (Wildman–Crippen MR) is 76.8 cm³/mol. The lowest BCUT2D eigenvalue weighted by molar-refractivity contribution is -0.139. The minimum Gasteiger partial charge on any atom is -0.469 e. The van der Waals surface area contributed by atoms with Crippen molar-refractivity contribution in [2.24, 2.45) is 7.05 Å². The quantitative estimate of drug-likeness (QED) is 0.816. The molecule has 1 heterocycles. The Morgan fingerprint density at radius 3 is 2.58 bits per heavy atom. The zero-order valence-corrected chi connectivity index (χ0v) is 12.7. The van der Waals surface area contributed by atoms with E-state index in [0.29, 0.717) is 0 Å². The lowest BCUT2D eigenvalue weighted by atomic mass is 10.2. The van der Waals surface area contributed by atoms with Gasteiger partial charge >= 0.3 is 5.97 Å². The van der Waals surface area contributed by atoms with Crippen molar-refractivity contribution in [3.8, 4) is 11.4 Å². The standard InChI is InChI=1S/C14H15BrN2O2/c1-9-12(8-13(18)19-3)17(2)14(16-9)10-4-6-11(15)7-5-10/h4-7H,8H2,1-3H3. The second kappa shape index (κ2) is 5.57. The fourth-order valence-electron chi connectivity index (χ4n) is 1.98. The maximum Gasteiger partial charge on any atom is 0.311 e. The van der Waals surface area contributed by atoms with E-state index in [-0.39, 0.29) is 12.4 Å². The van der Waals surface area contributed by atoms with Crippen LogP contribution in [0.15, 0.2) is 28.7 Å². The van der Waals surface area contributed by atoms with Crippen molar-refractivity contribution in [1.82, 2.24) is 9.55 Å². The molecule has 1 aromatic heterocycles. The van der Waals surface area contributed by atoms with Gasteiger partial charge in [-0.05, 0) is 19.1 Å². The average Bonchev–Trinajstić information content (AvgIpc) is 2.67. The molecule has 100 valence electrons. The fraction of sp³-hybridized carbons (Fsp3) is 0.286. The average molecular weight is 323 g/mol. The van der Waals surface area contributed by atoms with Crippen LogP contribution in [0, 0.1) is 6.92 Å². The van der Waals surface area contributed by atoms with Crippen LogP contribution in [0.25, 0.3) is 11.4 Å². The summed E-state index contributed by atoms with van der Waals surface area (Å²) in [7, 11) is 3.30. The highest BCUT2D eigenvalue weighted by molar-refractivity contribution is 9.10. The van der Waals surface area contributed by atoms with Gasteiger partial charge in [0.15, 0.2) is 0 Å². The summed E-state index contributed by atoms with van der Waals surface area (Å²) in [5.41, 5.74) is 2.75. The number of aromatic nitrogens is 2. The molecular formula is C14H15BrN2O2. The summed E-state index contributed by atoms with van der Waals surface area (Å²) in [4.78, 5) is 15.9. The molecule has 0 atom stereocenters. The smallest absolute Gasteiger partial charge is 0.311 e. The SMILES string of the molecule is COC(=O)Cc1c(C)nc(-c2ccc(Br)cc2)n1C. The first-order chi connectivity index (χ1) is 9.02. The number of benzene rings is 1. The Balaban J connectivity index is 2.40. The number of rotatable bonds is 3. The van der Waals surface area contributed by atoms with Crippen LogP contribution in [-0.4, -0.2) is 22.6 Å². The van der Waals surface area contributed by atoms with Gasteiger partial charge in [0.1, 0.15) is 5.82 Å². The molecule has 0 saturated heterocycles. The topological polar surface area (TPSA) is 44.1 Å². The number of nitrogens with zero attached hydrogens (tertiary/aromatic N) is 2. The first kappa shape index (κ1) is 13.8. The molecular weight excluding hydrogens is 308 g/mol. The Labute approximate surface area is 120 Å². The Hall–Kier alpha value is -1.62. The number of hydrogen-bond acceptors (Lipinski definition) is 3. The highest BCUT2D eigenvalue weighted by atomic mass is 79.9. The molecule has 2 rings (SSSR count). The molecule has 1 aromatic carbocycles. The maximum absolute atomic E-state index is 11.4. The minimum absolute atomic E-state index is 0.238. The zero-order chi connectivity index (χ0) is 14.0. The summed E-state index contributed by atoms with van der Waals surface area (Å²) in [5.74, 6) is 0.595. The highest BCUT2D eigenvalue weighted by Gasteiger charge is 2.16. The Morgan fingerprint density at radius 1 is 1.37 bits per heavy atom. The van der Waals surface area contributed by atoms with Crippen molar-refractivity contribution in [2.45, 2.75) is 13.3 Å². The first-order valence-electron chi connectivity index (χ1n) is 5.88. The lowest BCUT2D eigenvalue weighted by Crippen LogP contribution is -2.09. The second-order valence-corrected chi connectivity index (χ2v) is 5.20. The monoisotopic (exact) mass is 322 g/mol. The van der Waals surface area contributed by atoms with Crippen molar-refractivity contribution in [1.29, 1.82) is 0 Å². The molecule has 0 unspecified atom stereocenters. The molecule has 0 radical (unpaired) electrons. The number of ether oxygens (including phenoxy) is 1. The number of imidazole rings is 1. The number of carbonyl (C=O) groups is 1. The van der Waals surface area contributed by atoms with E-state index in [4.69, 9.17) is 4.74 Å². The van der Waals surface area contributed by atoms with E-state index >= 15 is 0 Å². The molecule has 0 N–H and O–H groups in total. The van der Waals surface area contributed by atoms with Gasteiger partial charge in [-0.25, -0.2) is 4.98 Å². The van der Waals surface area contributed by atoms with Gasteiger partial charge < -0.3 is 9.30 Å². The summed E-state index contributed by atoms with van der Waals surface area (Å²) in [6.45, 7) is 1.90. The lowest BCUT2D eigenvalue weighted by Gasteiger charge is -2.06. The van der Waals surface area contributed by atoms with Crippen LogP contribution < -0.4 is 0 Å². The van der Waals surface area contributed by atoms with Crippen molar-refractivity contribution in [2.75, 3.05) is 7.11 Å². The van der Waals surface area contributed by atoms with E-state index in [9.17, 15) is 4.79 Å². The third-order valence-electron chi connectivity index (χ3n) is 3.06. The van der Waals surface area contributed by atoms with E-state index in [1.165, 1.54) is 7.11 Å². The molecule has 0 aliphatic heterocycles. The van der Waals surface area contributed by atoms with Gasteiger partial charge in [-0.15, -0.1) is 0 Å². The van der Waals surface area contributed by atoms with Crippen molar-refractivity contribution >= 4 is 21.9 Å². The van der Waals surface area contributed by atoms with E-state index in [2.05, 4.69) is 20.9 Å². The second-order valence-electron chi connectivity index (χ2n) is 4.29. The molecule has 4 nitrogen and oxygen atoms in total. The molecule has 0 amide bonds.